The molecule has 3 aromatic rings. The van der Waals surface area contributed by atoms with Crippen LogP contribution >= 0.6 is 11.6 Å². The molecule has 144 valence electrons. The average molecular weight is 397 g/mol. The summed E-state index contributed by atoms with van der Waals surface area (Å²) in [5, 5.41) is 6.43. The van der Waals surface area contributed by atoms with Gasteiger partial charge in [-0.1, -0.05) is 17.7 Å². The number of anilines is 3. The predicted octanol–water partition coefficient (Wildman–Crippen LogP) is 5.06. The number of halogens is 1. The fourth-order valence-electron chi connectivity index (χ4n) is 2.86. The number of carbonyl (C=O) groups excluding carboxylic acids is 1. The van der Waals surface area contributed by atoms with E-state index in [1.54, 1.807) is 38.3 Å². The zero-order valence-corrected chi connectivity index (χ0v) is 16.9. The number of aromatic nitrogens is 2. The molecule has 0 aliphatic heterocycles. The molecule has 7 heteroatoms. The number of ether oxygens (including phenoxy) is 1. The van der Waals surface area contributed by atoms with Gasteiger partial charge in [0, 0.05) is 17.1 Å². The van der Waals surface area contributed by atoms with E-state index < -0.39 is 0 Å². The van der Waals surface area contributed by atoms with Crippen LogP contribution in [-0.2, 0) is 0 Å². The SMILES string of the molecule is COc1ccc(Nc2nc(C)cc(C(=O)Nc3cc(C)cc(C)c3)n2)cc1Cl. The summed E-state index contributed by atoms with van der Waals surface area (Å²) in [7, 11) is 1.55. The molecule has 1 heterocycles. The van der Waals surface area contributed by atoms with Gasteiger partial charge in [-0.15, -0.1) is 0 Å². The van der Waals surface area contributed by atoms with Crippen LogP contribution in [0.4, 0.5) is 17.3 Å². The summed E-state index contributed by atoms with van der Waals surface area (Å²) in [6, 6.07) is 12.8. The Hall–Kier alpha value is -3.12. The van der Waals surface area contributed by atoms with Crippen LogP contribution in [-0.4, -0.2) is 23.0 Å². The molecule has 1 amide bonds. The number of hydrogen-bond acceptors (Lipinski definition) is 5. The first-order chi connectivity index (χ1) is 13.3. The molecule has 0 saturated heterocycles. The number of amides is 1. The number of methoxy groups -OCH3 is 1. The van der Waals surface area contributed by atoms with Crippen LogP contribution in [0.25, 0.3) is 0 Å². The Morgan fingerprint density at radius 3 is 2.32 bits per heavy atom. The van der Waals surface area contributed by atoms with Crippen LogP contribution in [0.5, 0.6) is 5.75 Å². The van der Waals surface area contributed by atoms with Gasteiger partial charge in [0.15, 0.2) is 0 Å². The van der Waals surface area contributed by atoms with Crippen molar-refractivity contribution in [1.82, 2.24) is 9.97 Å². The molecular formula is C21H21ClN4O2. The topological polar surface area (TPSA) is 76.1 Å². The van der Waals surface area contributed by atoms with Crippen molar-refractivity contribution < 1.29 is 9.53 Å². The summed E-state index contributed by atoms with van der Waals surface area (Å²) in [4.78, 5) is 21.3. The lowest BCUT2D eigenvalue weighted by Gasteiger charge is -2.11. The summed E-state index contributed by atoms with van der Waals surface area (Å²) in [5.41, 5.74) is 4.52. The first-order valence-electron chi connectivity index (χ1n) is 8.70. The second-order valence-electron chi connectivity index (χ2n) is 6.52. The summed E-state index contributed by atoms with van der Waals surface area (Å²) in [6.07, 6.45) is 0. The van der Waals surface area contributed by atoms with Crippen molar-refractivity contribution in [2.45, 2.75) is 20.8 Å². The Bertz CT molecular complexity index is 1020. The molecule has 2 N–H and O–H groups in total. The molecule has 0 saturated carbocycles. The number of rotatable bonds is 5. The number of benzene rings is 2. The molecule has 0 spiro atoms. The van der Waals surface area contributed by atoms with E-state index in [0.29, 0.717) is 28.1 Å². The van der Waals surface area contributed by atoms with Crippen molar-refractivity contribution in [3.63, 3.8) is 0 Å². The van der Waals surface area contributed by atoms with Crippen LogP contribution in [0.2, 0.25) is 5.02 Å². The van der Waals surface area contributed by atoms with Crippen molar-refractivity contribution in [3.05, 3.63) is 70.0 Å². The van der Waals surface area contributed by atoms with E-state index in [2.05, 4.69) is 20.6 Å². The Balaban J connectivity index is 1.82. The lowest BCUT2D eigenvalue weighted by Crippen LogP contribution is -2.15. The van der Waals surface area contributed by atoms with Gasteiger partial charge in [0.05, 0.1) is 12.1 Å². The van der Waals surface area contributed by atoms with Crippen molar-refractivity contribution >= 4 is 34.8 Å². The standard InChI is InChI=1S/C21H21ClN4O2/c1-12-7-13(2)9-16(8-12)24-20(27)18-10-14(3)23-21(26-18)25-15-5-6-19(28-4)17(22)11-15/h5-11H,1-4H3,(H,24,27)(H,23,25,26). The number of carbonyl (C=O) groups is 1. The summed E-state index contributed by atoms with van der Waals surface area (Å²) in [5.74, 6) is 0.587. The lowest BCUT2D eigenvalue weighted by atomic mass is 10.1. The molecule has 0 fully saturated rings. The minimum atomic E-state index is -0.300. The maximum absolute atomic E-state index is 12.7. The Morgan fingerprint density at radius 2 is 1.68 bits per heavy atom. The molecule has 2 aromatic carbocycles. The van der Waals surface area contributed by atoms with Crippen LogP contribution in [0, 0.1) is 20.8 Å². The molecule has 0 bridgehead atoms. The van der Waals surface area contributed by atoms with Gasteiger partial charge < -0.3 is 15.4 Å². The molecule has 0 aliphatic carbocycles. The van der Waals surface area contributed by atoms with Gasteiger partial charge >= 0.3 is 0 Å². The van der Waals surface area contributed by atoms with E-state index in [1.165, 1.54) is 0 Å². The normalized spacial score (nSPS) is 10.5. The van der Waals surface area contributed by atoms with Crippen molar-refractivity contribution in [3.8, 4) is 5.75 Å². The van der Waals surface area contributed by atoms with Gasteiger partial charge in [-0.2, -0.15) is 0 Å². The minimum absolute atomic E-state index is 0.272. The highest BCUT2D eigenvalue weighted by Crippen LogP contribution is 2.28. The molecule has 6 nitrogen and oxygen atoms in total. The van der Waals surface area contributed by atoms with E-state index in [1.807, 2.05) is 32.0 Å². The Labute approximate surface area is 168 Å². The van der Waals surface area contributed by atoms with Crippen LogP contribution in [0.3, 0.4) is 0 Å². The molecule has 0 unspecified atom stereocenters. The average Bonchev–Trinajstić information content (AvgIpc) is 2.60. The van der Waals surface area contributed by atoms with Crippen LogP contribution < -0.4 is 15.4 Å². The second-order valence-corrected chi connectivity index (χ2v) is 6.93. The molecular weight excluding hydrogens is 376 g/mol. The molecule has 0 radical (unpaired) electrons. The van der Waals surface area contributed by atoms with Gasteiger partial charge in [-0.05, 0) is 68.3 Å². The van der Waals surface area contributed by atoms with Gasteiger partial charge in [-0.3, -0.25) is 4.79 Å². The van der Waals surface area contributed by atoms with Crippen LogP contribution in [0.15, 0.2) is 42.5 Å². The quantitative estimate of drug-likeness (QED) is 0.630. The van der Waals surface area contributed by atoms with E-state index in [0.717, 1.165) is 16.8 Å². The van der Waals surface area contributed by atoms with E-state index >= 15 is 0 Å². The van der Waals surface area contributed by atoms with Crippen molar-refractivity contribution in [2.75, 3.05) is 17.7 Å². The maximum Gasteiger partial charge on any atom is 0.274 e. The van der Waals surface area contributed by atoms with E-state index in [4.69, 9.17) is 16.3 Å². The number of hydrogen-bond donors (Lipinski definition) is 2. The lowest BCUT2D eigenvalue weighted by molar-refractivity contribution is 0.102. The predicted molar refractivity (Wildman–Crippen MR) is 112 cm³/mol. The fraction of sp³-hybridized carbons (Fsp3) is 0.190. The monoisotopic (exact) mass is 396 g/mol. The first kappa shape index (κ1) is 19.6. The molecule has 0 atom stereocenters. The van der Waals surface area contributed by atoms with E-state index in [-0.39, 0.29) is 11.6 Å². The second kappa shape index (κ2) is 8.27. The Kier molecular flexibility index (Phi) is 5.80. The van der Waals surface area contributed by atoms with Crippen molar-refractivity contribution in [2.24, 2.45) is 0 Å². The number of nitrogens with zero attached hydrogens (tertiary/aromatic N) is 2. The first-order valence-corrected chi connectivity index (χ1v) is 9.08. The molecule has 1 aromatic heterocycles. The van der Waals surface area contributed by atoms with Gasteiger partial charge in [0.1, 0.15) is 11.4 Å². The fourth-order valence-corrected chi connectivity index (χ4v) is 3.11. The van der Waals surface area contributed by atoms with Crippen LogP contribution in [0.1, 0.15) is 27.3 Å². The van der Waals surface area contributed by atoms with Gasteiger partial charge in [0.2, 0.25) is 5.95 Å². The Morgan fingerprint density at radius 1 is 0.964 bits per heavy atom. The third kappa shape index (κ3) is 4.78. The van der Waals surface area contributed by atoms with E-state index in [9.17, 15) is 4.79 Å². The molecule has 3 rings (SSSR count). The third-order valence-corrected chi connectivity index (χ3v) is 4.27. The van der Waals surface area contributed by atoms with Gasteiger partial charge in [-0.25, -0.2) is 9.97 Å². The highest BCUT2D eigenvalue weighted by atomic mass is 35.5. The summed E-state index contributed by atoms with van der Waals surface area (Å²) >= 11 is 6.15. The summed E-state index contributed by atoms with van der Waals surface area (Å²) in [6.45, 7) is 5.78. The van der Waals surface area contributed by atoms with Crippen molar-refractivity contribution in [1.29, 1.82) is 0 Å². The molecule has 0 aliphatic rings. The highest BCUT2D eigenvalue weighted by molar-refractivity contribution is 6.32. The number of nitrogens with one attached hydrogen (secondary N) is 2. The smallest absolute Gasteiger partial charge is 0.274 e. The zero-order chi connectivity index (χ0) is 20.3. The maximum atomic E-state index is 12.7. The third-order valence-electron chi connectivity index (χ3n) is 3.97. The summed E-state index contributed by atoms with van der Waals surface area (Å²) < 4.78 is 5.15. The highest BCUT2D eigenvalue weighted by Gasteiger charge is 2.12. The molecule has 28 heavy (non-hydrogen) atoms. The largest absolute Gasteiger partial charge is 0.495 e. The van der Waals surface area contributed by atoms with Gasteiger partial charge in [0.25, 0.3) is 5.91 Å². The zero-order valence-electron chi connectivity index (χ0n) is 16.1. The minimum Gasteiger partial charge on any atom is -0.495 e. The number of aryl methyl sites for hydroxylation is 3.